The van der Waals surface area contributed by atoms with Gasteiger partial charge in [-0.25, -0.2) is 4.79 Å². The smallest absolute Gasteiger partial charge is 0.336 e. The molecule has 0 bridgehead atoms. The number of cyclic esters (lactones) is 1. The van der Waals surface area contributed by atoms with E-state index in [-0.39, 0.29) is 5.97 Å². The van der Waals surface area contributed by atoms with Crippen LogP contribution in [0.4, 0.5) is 0 Å². The third-order valence-corrected chi connectivity index (χ3v) is 3.54. The number of furan rings is 1. The van der Waals surface area contributed by atoms with Crippen LogP contribution in [0.25, 0.3) is 0 Å². The Morgan fingerprint density at radius 1 is 1.43 bits per heavy atom. The molecular weight excluding hydrogens is 268 g/mol. The Labute approximate surface area is 125 Å². The zero-order valence-electron chi connectivity index (χ0n) is 13.1. The molecule has 0 aromatic carbocycles. The number of esters is 1. The van der Waals surface area contributed by atoms with Crippen molar-refractivity contribution in [1.82, 2.24) is 0 Å². The molecule has 21 heavy (non-hydrogen) atoms. The average molecular weight is 290 g/mol. The number of hydrogen-bond acceptors (Lipinski definition) is 4. The maximum absolute atomic E-state index is 11.6. The van der Waals surface area contributed by atoms with Gasteiger partial charge in [-0.05, 0) is 45.4 Å². The minimum Gasteiger partial charge on any atom is -0.469 e. The van der Waals surface area contributed by atoms with Gasteiger partial charge in [-0.1, -0.05) is 11.6 Å². The van der Waals surface area contributed by atoms with E-state index in [2.05, 4.69) is 6.08 Å². The van der Waals surface area contributed by atoms with E-state index >= 15 is 0 Å². The van der Waals surface area contributed by atoms with Crippen molar-refractivity contribution < 1.29 is 18.7 Å². The summed E-state index contributed by atoms with van der Waals surface area (Å²) < 4.78 is 16.5. The molecule has 4 nitrogen and oxygen atoms in total. The van der Waals surface area contributed by atoms with E-state index in [1.165, 1.54) is 0 Å². The first-order valence-electron chi connectivity index (χ1n) is 7.21. The summed E-state index contributed by atoms with van der Waals surface area (Å²) >= 11 is 0. The molecular formula is C17H22O4. The monoisotopic (exact) mass is 290 g/mol. The lowest BCUT2D eigenvalue weighted by Crippen LogP contribution is -2.32. The van der Waals surface area contributed by atoms with Crippen LogP contribution in [-0.2, 0) is 20.7 Å². The molecule has 1 aliphatic heterocycles. The van der Waals surface area contributed by atoms with Gasteiger partial charge in [0.2, 0.25) is 5.79 Å². The highest BCUT2D eigenvalue weighted by Gasteiger charge is 2.39. The molecule has 1 aromatic heterocycles. The van der Waals surface area contributed by atoms with Crippen molar-refractivity contribution >= 4 is 5.97 Å². The lowest BCUT2D eigenvalue weighted by atomic mass is 10.0. The summed E-state index contributed by atoms with van der Waals surface area (Å²) in [4.78, 5) is 11.6. The Morgan fingerprint density at radius 2 is 2.19 bits per heavy atom. The zero-order chi connectivity index (χ0) is 15.5. The van der Waals surface area contributed by atoms with Crippen LogP contribution in [0.15, 0.2) is 40.0 Å². The Kier molecular flexibility index (Phi) is 4.68. The van der Waals surface area contributed by atoms with Gasteiger partial charge >= 0.3 is 5.97 Å². The molecule has 0 spiro atoms. The molecule has 2 rings (SSSR count). The summed E-state index contributed by atoms with van der Waals surface area (Å²) in [5.41, 5.74) is 2.83. The van der Waals surface area contributed by atoms with Crippen molar-refractivity contribution in [1.29, 1.82) is 0 Å². The highest BCUT2D eigenvalue weighted by Crippen LogP contribution is 2.32. The number of rotatable bonds is 6. The van der Waals surface area contributed by atoms with E-state index < -0.39 is 5.79 Å². The number of ether oxygens (including phenoxy) is 2. The molecule has 1 aliphatic rings. The second-order valence-corrected chi connectivity index (χ2v) is 5.42. The highest BCUT2D eigenvalue weighted by atomic mass is 16.7. The summed E-state index contributed by atoms with van der Waals surface area (Å²) in [7, 11) is 0. The predicted molar refractivity (Wildman–Crippen MR) is 79.7 cm³/mol. The van der Waals surface area contributed by atoms with Gasteiger partial charge < -0.3 is 13.9 Å². The molecule has 0 radical (unpaired) electrons. The van der Waals surface area contributed by atoms with Crippen LogP contribution in [0.3, 0.4) is 0 Å². The third-order valence-electron chi connectivity index (χ3n) is 3.54. The van der Waals surface area contributed by atoms with Crippen LogP contribution in [0.2, 0.25) is 0 Å². The Hall–Kier alpha value is -1.81. The van der Waals surface area contributed by atoms with E-state index in [1.807, 2.05) is 26.8 Å². The second kappa shape index (κ2) is 6.31. The second-order valence-electron chi connectivity index (χ2n) is 5.42. The fourth-order valence-corrected chi connectivity index (χ4v) is 2.45. The highest BCUT2D eigenvalue weighted by molar-refractivity contribution is 5.90. The van der Waals surface area contributed by atoms with Crippen LogP contribution < -0.4 is 0 Å². The van der Waals surface area contributed by atoms with E-state index in [0.29, 0.717) is 18.6 Å². The van der Waals surface area contributed by atoms with E-state index in [4.69, 9.17) is 13.9 Å². The first-order valence-corrected chi connectivity index (χ1v) is 7.21. The largest absolute Gasteiger partial charge is 0.469 e. The Morgan fingerprint density at radius 3 is 2.71 bits per heavy atom. The van der Waals surface area contributed by atoms with Crippen molar-refractivity contribution in [3.63, 3.8) is 0 Å². The van der Waals surface area contributed by atoms with Crippen molar-refractivity contribution in [2.24, 2.45) is 0 Å². The molecule has 114 valence electrons. The number of hydrogen-bond donors (Lipinski definition) is 0. The van der Waals surface area contributed by atoms with Gasteiger partial charge in [-0.2, -0.15) is 0 Å². The first-order chi connectivity index (χ1) is 9.96. The van der Waals surface area contributed by atoms with Crippen molar-refractivity contribution in [3.05, 3.63) is 47.0 Å². The predicted octanol–water partition coefficient (Wildman–Crippen LogP) is 3.70. The molecule has 0 fully saturated rings. The van der Waals surface area contributed by atoms with Gasteiger partial charge in [-0.3, -0.25) is 0 Å². The van der Waals surface area contributed by atoms with E-state index in [0.717, 1.165) is 23.3 Å². The SMILES string of the molecule is CCO[C@@]1(CC(C)=CCc2occc2C)C=C(C)C(=O)O1. The van der Waals surface area contributed by atoms with Crippen molar-refractivity contribution in [2.75, 3.05) is 6.61 Å². The van der Waals surface area contributed by atoms with E-state index in [9.17, 15) is 4.79 Å². The zero-order valence-corrected chi connectivity index (χ0v) is 13.1. The van der Waals surface area contributed by atoms with Crippen LogP contribution in [0.5, 0.6) is 0 Å². The minimum absolute atomic E-state index is 0.307. The molecule has 0 aliphatic carbocycles. The molecule has 0 amide bonds. The lowest BCUT2D eigenvalue weighted by molar-refractivity contribution is -0.195. The van der Waals surface area contributed by atoms with Crippen molar-refractivity contribution in [3.8, 4) is 0 Å². The van der Waals surface area contributed by atoms with Crippen LogP contribution >= 0.6 is 0 Å². The molecule has 0 unspecified atom stereocenters. The molecule has 1 aromatic rings. The molecule has 4 heteroatoms. The molecule has 2 heterocycles. The number of allylic oxidation sites excluding steroid dienone is 1. The summed E-state index contributed by atoms with van der Waals surface area (Å²) in [6.07, 6.45) is 6.81. The molecule has 0 saturated heterocycles. The maximum atomic E-state index is 11.6. The summed E-state index contributed by atoms with van der Waals surface area (Å²) in [6, 6.07) is 1.95. The number of carbonyl (C=O) groups is 1. The van der Waals surface area contributed by atoms with E-state index in [1.54, 1.807) is 19.3 Å². The average Bonchev–Trinajstić information content (AvgIpc) is 2.92. The third kappa shape index (κ3) is 3.64. The summed E-state index contributed by atoms with van der Waals surface area (Å²) in [5, 5.41) is 0. The minimum atomic E-state index is -0.950. The van der Waals surface area contributed by atoms with Crippen LogP contribution in [-0.4, -0.2) is 18.4 Å². The Bertz CT molecular complexity index is 579. The lowest BCUT2D eigenvalue weighted by Gasteiger charge is -2.26. The number of carbonyl (C=O) groups excluding carboxylic acids is 1. The van der Waals surface area contributed by atoms with Crippen LogP contribution in [0.1, 0.15) is 38.5 Å². The van der Waals surface area contributed by atoms with Gasteiger partial charge in [0.25, 0.3) is 0 Å². The van der Waals surface area contributed by atoms with Gasteiger partial charge in [0.05, 0.1) is 6.26 Å². The fraction of sp³-hybridized carbons (Fsp3) is 0.471. The van der Waals surface area contributed by atoms with Gasteiger partial charge in [0, 0.05) is 25.0 Å². The van der Waals surface area contributed by atoms with Gasteiger partial charge in [-0.15, -0.1) is 0 Å². The normalized spacial score (nSPS) is 22.4. The van der Waals surface area contributed by atoms with Crippen LogP contribution in [0, 0.1) is 6.92 Å². The topological polar surface area (TPSA) is 48.7 Å². The fourth-order valence-electron chi connectivity index (χ4n) is 2.45. The molecule has 0 N–H and O–H groups in total. The first kappa shape index (κ1) is 15.6. The van der Waals surface area contributed by atoms with Gasteiger partial charge in [0.1, 0.15) is 5.76 Å². The molecule has 0 saturated carbocycles. The number of aryl methyl sites for hydroxylation is 1. The van der Waals surface area contributed by atoms with Gasteiger partial charge in [0.15, 0.2) is 0 Å². The molecule has 1 atom stereocenters. The Balaban J connectivity index is 2.07. The summed E-state index contributed by atoms with van der Waals surface area (Å²) in [5.74, 6) is -0.303. The standard InChI is InChI=1S/C17H22O4/c1-5-20-17(11-14(4)16(18)21-17)10-12(2)6-7-15-13(3)8-9-19-15/h6,8-9,11H,5,7,10H2,1-4H3/t17-/m1/s1. The van der Waals surface area contributed by atoms with Crippen molar-refractivity contribution in [2.45, 2.75) is 46.3 Å². The quantitative estimate of drug-likeness (QED) is 0.592. The summed E-state index contributed by atoms with van der Waals surface area (Å²) in [6.45, 7) is 8.15. The maximum Gasteiger partial charge on any atom is 0.336 e.